The zero-order chi connectivity index (χ0) is 14.7. The van der Waals surface area contributed by atoms with E-state index in [1.165, 1.54) is 71.0 Å². The Morgan fingerprint density at radius 1 is 0.750 bits per heavy atom. The number of hydrogen-bond donors (Lipinski definition) is 1. The molecule has 0 aromatic rings. The van der Waals surface area contributed by atoms with Crippen molar-refractivity contribution in [2.45, 2.75) is 70.6 Å². The minimum atomic E-state index is -3.74. The van der Waals surface area contributed by atoms with Crippen molar-refractivity contribution in [2.24, 2.45) is 0 Å². The number of piperidine rings is 1. The standard InChI is InChI=1S/C15H31NO3S/c17-20(18,19)15-11-6-4-2-1-3-5-8-12-16-13-9-7-10-14-16/h1-15H2,(H,17,18,19). The molecule has 5 heteroatoms. The second-order valence-electron chi connectivity index (χ2n) is 6.02. The highest BCUT2D eigenvalue weighted by molar-refractivity contribution is 7.85. The molecule has 0 aromatic heterocycles. The lowest BCUT2D eigenvalue weighted by Crippen LogP contribution is -2.30. The summed E-state index contributed by atoms with van der Waals surface area (Å²) in [6, 6.07) is 0. The third kappa shape index (κ3) is 10.6. The molecular formula is C15H31NO3S. The first-order valence-corrected chi connectivity index (χ1v) is 9.86. The molecule has 1 N–H and O–H groups in total. The molecule has 0 aromatic carbocycles. The number of rotatable bonds is 11. The molecule has 0 saturated carbocycles. The van der Waals surface area contributed by atoms with E-state index in [1.807, 2.05) is 0 Å². The van der Waals surface area contributed by atoms with Gasteiger partial charge in [-0.3, -0.25) is 4.55 Å². The molecule has 0 bridgehead atoms. The van der Waals surface area contributed by atoms with E-state index in [4.69, 9.17) is 4.55 Å². The second kappa shape index (κ2) is 10.6. The Kier molecular flexibility index (Phi) is 9.48. The van der Waals surface area contributed by atoms with E-state index in [0.717, 1.165) is 12.8 Å². The second-order valence-corrected chi connectivity index (χ2v) is 7.59. The van der Waals surface area contributed by atoms with Crippen molar-refractivity contribution in [1.29, 1.82) is 0 Å². The first kappa shape index (κ1) is 17.9. The van der Waals surface area contributed by atoms with Gasteiger partial charge in [-0.2, -0.15) is 8.42 Å². The van der Waals surface area contributed by atoms with Gasteiger partial charge in [-0.1, -0.05) is 44.9 Å². The summed E-state index contributed by atoms with van der Waals surface area (Å²) in [5, 5.41) is 0. The molecule has 1 heterocycles. The van der Waals surface area contributed by atoms with Crippen LogP contribution in [0.3, 0.4) is 0 Å². The summed E-state index contributed by atoms with van der Waals surface area (Å²) in [5.74, 6) is -0.0805. The van der Waals surface area contributed by atoms with Crippen LogP contribution in [0.15, 0.2) is 0 Å². The molecule has 0 unspecified atom stereocenters. The average Bonchev–Trinajstić information content (AvgIpc) is 2.41. The van der Waals surface area contributed by atoms with E-state index in [9.17, 15) is 8.42 Å². The lowest BCUT2D eigenvalue weighted by atomic mass is 10.1. The topological polar surface area (TPSA) is 57.6 Å². The van der Waals surface area contributed by atoms with Gasteiger partial charge in [0.2, 0.25) is 0 Å². The zero-order valence-electron chi connectivity index (χ0n) is 12.7. The van der Waals surface area contributed by atoms with Crippen molar-refractivity contribution < 1.29 is 13.0 Å². The van der Waals surface area contributed by atoms with E-state index in [2.05, 4.69) is 4.90 Å². The van der Waals surface area contributed by atoms with Gasteiger partial charge in [0.1, 0.15) is 0 Å². The Morgan fingerprint density at radius 2 is 1.25 bits per heavy atom. The first-order chi connectivity index (χ1) is 9.58. The van der Waals surface area contributed by atoms with Gasteiger partial charge >= 0.3 is 0 Å². The van der Waals surface area contributed by atoms with Crippen molar-refractivity contribution in [1.82, 2.24) is 4.90 Å². The maximum Gasteiger partial charge on any atom is 0.264 e. The number of likely N-dealkylation sites (tertiary alicyclic amines) is 1. The van der Waals surface area contributed by atoms with Crippen molar-refractivity contribution in [2.75, 3.05) is 25.4 Å². The van der Waals surface area contributed by atoms with E-state index < -0.39 is 10.1 Å². The molecule has 0 atom stereocenters. The molecule has 20 heavy (non-hydrogen) atoms. The highest BCUT2D eigenvalue weighted by Crippen LogP contribution is 2.12. The number of unbranched alkanes of at least 4 members (excludes halogenated alkanes) is 7. The minimum absolute atomic E-state index is 0.0805. The normalized spacial score (nSPS) is 17.4. The molecule has 4 nitrogen and oxygen atoms in total. The fourth-order valence-corrected chi connectivity index (χ4v) is 3.43. The predicted molar refractivity (Wildman–Crippen MR) is 83.6 cm³/mol. The summed E-state index contributed by atoms with van der Waals surface area (Å²) < 4.78 is 29.6. The Bertz CT molecular complexity index is 324. The molecule has 1 aliphatic rings. The third-order valence-electron chi connectivity index (χ3n) is 4.08. The molecule has 1 aliphatic heterocycles. The van der Waals surface area contributed by atoms with Crippen LogP contribution in [0.2, 0.25) is 0 Å². The summed E-state index contributed by atoms with van der Waals surface area (Å²) in [4.78, 5) is 2.60. The predicted octanol–water partition coefficient (Wildman–Crippen LogP) is 3.48. The Balaban J connectivity index is 1.78. The van der Waals surface area contributed by atoms with Crippen molar-refractivity contribution in [3.63, 3.8) is 0 Å². The van der Waals surface area contributed by atoms with Gasteiger partial charge < -0.3 is 4.90 Å². The minimum Gasteiger partial charge on any atom is -0.303 e. The van der Waals surface area contributed by atoms with Crippen LogP contribution in [-0.4, -0.2) is 43.3 Å². The number of hydrogen-bond acceptors (Lipinski definition) is 3. The maximum atomic E-state index is 10.5. The quantitative estimate of drug-likeness (QED) is 0.469. The summed E-state index contributed by atoms with van der Waals surface area (Å²) in [7, 11) is -3.74. The third-order valence-corrected chi connectivity index (χ3v) is 4.88. The highest BCUT2D eigenvalue weighted by Gasteiger charge is 2.08. The maximum absolute atomic E-state index is 10.5. The smallest absolute Gasteiger partial charge is 0.264 e. The first-order valence-electron chi connectivity index (χ1n) is 8.25. The van der Waals surface area contributed by atoms with Gasteiger partial charge in [-0.15, -0.1) is 0 Å². The highest BCUT2D eigenvalue weighted by atomic mass is 32.2. The van der Waals surface area contributed by atoms with Crippen LogP contribution in [0.5, 0.6) is 0 Å². The average molecular weight is 305 g/mol. The molecule has 120 valence electrons. The van der Waals surface area contributed by atoms with Gasteiger partial charge in [0.15, 0.2) is 0 Å². The Hall–Kier alpha value is -0.130. The lowest BCUT2D eigenvalue weighted by molar-refractivity contribution is 0.224. The molecule has 0 aliphatic carbocycles. The summed E-state index contributed by atoms with van der Waals surface area (Å²) in [6.45, 7) is 3.87. The van der Waals surface area contributed by atoms with Gasteiger partial charge in [0, 0.05) is 0 Å². The summed E-state index contributed by atoms with van der Waals surface area (Å²) in [6.07, 6.45) is 13.1. The molecule has 0 amide bonds. The van der Waals surface area contributed by atoms with E-state index in [-0.39, 0.29) is 5.75 Å². The Labute approximate surface area is 124 Å². The number of nitrogens with zero attached hydrogens (tertiary/aromatic N) is 1. The van der Waals surface area contributed by atoms with Crippen molar-refractivity contribution in [3.8, 4) is 0 Å². The Morgan fingerprint density at radius 3 is 1.80 bits per heavy atom. The van der Waals surface area contributed by atoms with Crippen LogP contribution < -0.4 is 0 Å². The van der Waals surface area contributed by atoms with Crippen LogP contribution in [0.4, 0.5) is 0 Å². The van der Waals surface area contributed by atoms with Crippen LogP contribution in [0.25, 0.3) is 0 Å². The van der Waals surface area contributed by atoms with Crippen molar-refractivity contribution in [3.05, 3.63) is 0 Å². The van der Waals surface area contributed by atoms with E-state index in [1.54, 1.807) is 0 Å². The SMILES string of the molecule is O=S(=O)(O)CCCCCCCCCCN1CCCCC1. The van der Waals surface area contributed by atoms with Crippen LogP contribution >= 0.6 is 0 Å². The van der Waals surface area contributed by atoms with Gasteiger partial charge in [-0.05, 0) is 45.3 Å². The summed E-state index contributed by atoms with van der Waals surface area (Å²) in [5.41, 5.74) is 0. The molecule has 1 fully saturated rings. The molecule has 0 radical (unpaired) electrons. The van der Waals surface area contributed by atoms with Crippen LogP contribution in [0, 0.1) is 0 Å². The zero-order valence-corrected chi connectivity index (χ0v) is 13.5. The fraction of sp³-hybridized carbons (Fsp3) is 1.00. The van der Waals surface area contributed by atoms with Crippen molar-refractivity contribution >= 4 is 10.1 Å². The van der Waals surface area contributed by atoms with E-state index in [0.29, 0.717) is 6.42 Å². The van der Waals surface area contributed by atoms with Crippen LogP contribution in [-0.2, 0) is 10.1 Å². The lowest BCUT2D eigenvalue weighted by Gasteiger charge is -2.26. The molecule has 1 saturated heterocycles. The fourth-order valence-electron chi connectivity index (χ4n) is 2.86. The monoisotopic (exact) mass is 305 g/mol. The largest absolute Gasteiger partial charge is 0.303 e. The molecule has 1 rings (SSSR count). The van der Waals surface area contributed by atoms with Gasteiger partial charge in [0.05, 0.1) is 5.75 Å². The molecule has 0 spiro atoms. The summed E-state index contributed by atoms with van der Waals surface area (Å²) >= 11 is 0. The molecular weight excluding hydrogens is 274 g/mol. The van der Waals surface area contributed by atoms with Crippen LogP contribution in [0.1, 0.15) is 70.6 Å². The van der Waals surface area contributed by atoms with Gasteiger partial charge in [-0.25, -0.2) is 0 Å². The van der Waals surface area contributed by atoms with Gasteiger partial charge in [0.25, 0.3) is 10.1 Å². The van der Waals surface area contributed by atoms with E-state index >= 15 is 0 Å².